The lowest BCUT2D eigenvalue weighted by Crippen LogP contribution is -2.30. The van der Waals surface area contributed by atoms with E-state index in [0.29, 0.717) is 13.0 Å². The fraction of sp³-hybridized carbons (Fsp3) is 0.462. The van der Waals surface area contributed by atoms with Gasteiger partial charge in [-0.25, -0.2) is 0 Å². The summed E-state index contributed by atoms with van der Waals surface area (Å²) in [7, 11) is 0. The van der Waals surface area contributed by atoms with E-state index in [1.807, 2.05) is 31.2 Å². The lowest BCUT2D eigenvalue weighted by molar-refractivity contribution is -0.141. The Hall–Kier alpha value is -1.55. The molecule has 0 radical (unpaired) electrons. The van der Waals surface area contributed by atoms with Crippen LogP contribution in [0.5, 0.6) is 5.75 Å². The highest BCUT2D eigenvalue weighted by Gasteiger charge is 2.24. The lowest BCUT2D eigenvalue weighted by Gasteiger charge is -2.21. The number of ether oxygens (including phenoxy) is 1. The van der Waals surface area contributed by atoms with Crippen LogP contribution >= 0.6 is 0 Å². The van der Waals surface area contributed by atoms with Crippen molar-refractivity contribution in [1.82, 2.24) is 0 Å². The van der Waals surface area contributed by atoms with Crippen LogP contribution in [0.2, 0.25) is 0 Å². The number of benzene rings is 1. The molecule has 0 bridgehead atoms. The summed E-state index contributed by atoms with van der Waals surface area (Å²) < 4.78 is 5.30. The van der Waals surface area contributed by atoms with E-state index in [2.05, 4.69) is 0 Å². The Balaban J connectivity index is 2.65. The molecule has 1 rings (SSSR count). The Morgan fingerprint density at radius 1 is 1.35 bits per heavy atom. The molecular weight excluding hydrogens is 220 g/mol. The number of carboxylic acid groups (broad SMARTS) is 1. The van der Waals surface area contributed by atoms with E-state index in [0.717, 1.165) is 11.3 Å². The first kappa shape index (κ1) is 13.5. The predicted molar refractivity (Wildman–Crippen MR) is 64.2 cm³/mol. The van der Waals surface area contributed by atoms with Gasteiger partial charge in [-0.15, -0.1) is 0 Å². The molecule has 1 atom stereocenters. The van der Waals surface area contributed by atoms with Gasteiger partial charge < -0.3 is 14.9 Å². The third kappa shape index (κ3) is 4.87. The molecule has 0 aliphatic carbocycles. The molecule has 0 saturated heterocycles. The van der Waals surface area contributed by atoms with E-state index in [9.17, 15) is 9.90 Å². The first-order valence-corrected chi connectivity index (χ1v) is 5.59. The van der Waals surface area contributed by atoms with Gasteiger partial charge in [-0.1, -0.05) is 12.1 Å². The highest BCUT2D eigenvalue weighted by Crippen LogP contribution is 2.19. The van der Waals surface area contributed by atoms with Crippen LogP contribution in [0.25, 0.3) is 0 Å². The van der Waals surface area contributed by atoms with Crippen LogP contribution in [-0.2, 0) is 11.2 Å². The maximum atomic E-state index is 10.6. The topological polar surface area (TPSA) is 66.8 Å². The first-order valence-electron chi connectivity index (χ1n) is 5.59. The molecule has 0 fully saturated rings. The molecule has 17 heavy (non-hydrogen) atoms. The molecule has 94 valence electrons. The summed E-state index contributed by atoms with van der Waals surface area (Å²) >= 11 is 0. The first-order chi connectivity index (χ1) is 7.93. The number of carbonyl (C=O) groups is 1. The molecule has 0 heterocycles. The van der Waals surface area contributed by atoms with Crippen molar-refractivity contribution in [2.75, 3.05) is 6.61 Å². The van der Waals surface area contributed by atoms with Crippen LogP contribution in [0, 0.1) is 0 Å². The van der Waals surface area contributed by atoms with Crippen molar-refractivity contribution in [1.29, 1.82) is 0 Å². The molecule has 1 aromatic carbocycles. The summed E-state index contributed by atoms with van der Waals surface area (Å²) in [5.41, 5.74) is -0.335. The van der Waals surface area contributed by atoms with Crippen molar-refractivity contribution < 1.29 is 19.7 Å². The van der Waals surface area contributed by atoms with Crippen molar-refractivity contribution in [3.63, 3.8) is 0 Å². The summed E-state index contributed by atoms with van der Waals surface area (Å²) in [6.07, 6.45) is 0.0475. The van der Waals surface area contributed by atoms with E-state index < -0.39 is 11.6 Å². The van der Waals surface area contributed by atoms with E-state index in [-0.39, 0.29) is 6.42 Å². The van der Waals surface area contributed by atoms with Crippen LogP contribution in [0.3, 0.4) is 0 Å². The zero-order valence-electron chi connectivity index (χ0n) is 10.1. The Morgan fingerprint density at radius 3 is 2.41 bits per heavy atom. The van der Waals surface area contributed by atoms with Crippen LogP contribution in [0.4, 0.5) is 0 Å². The quantitative estimate of drug-likeness (QED) is 0.793. The molecule has 0 aromatic heterocycles. The van der Waals surface area contributed by atoms with Gasteiger partial charge in [0.1, 0.15) is 5.75 Å². The summed E-state index contributed by atoms with van der Waals surface area (Å²) in [4.78, 5) is 10.6. The van der Waals surface area contributed by atoms with Crippen LogP contribution in [0.1, 0.15) is 25.8 Å². The molecule has 1 aromatic rings. The van der Waals surface area contributed by atoms with Crippen molar-refractivity contribution in [2.24, 2.45) is 0 Å². The summed E-state index contributed by atoms with van der Waals surface area (Å²) in [6, 6.07) is 7.30. The van der Waals surface area contributed by atoms with E-state index >= 15 is 0 Å². The van der Waals surface area contributed by atoms with E-state index in [1.54, 1.807) is 0 Å². The molecule has 2 N–H and O–H groups in total. The molecule has 0 saturated carbocycles. The highest BCUT2D eigenvalue weighted by molar-refractivity contribution is 5.68. The van der Waals surface area contributed by atoms with Gasteiger partial charge in [0.15, 0.2) is 0 Å². The minimum atomic E-state index is -1.22. The second-order valence-electron chi connectivity index (χ2n) is 4.32. The Bertz CT molecular complexity index is 368. The van der Waals surface area contributed by atoms with Gasteiger partial charge in [-0.3, -0.25) is 4.79 Å². The number of hydrogen-bond acceptors (Lipinski definition) is 3. The van der Waals surface area contributed by atoms with Gasteiger partial charge in [-0.2, -0.15) is 0 Å². The largest absolute Gasteiger partial charge is 0.494 e. The van der Waals surface area contributed by atoms with Crippen molar-refractivity contribution in [3.8, 4) is 5.75 Å². The smallest absolute Gasteiger partial charge is 0.306 e. The Kier molecular flexibility index (Phi) is 4.52. The number of aliphatic carboxylic acids is 1. The van der Waals surface area contributed by atoms with Crippen molar-refractivity contribution >= 4 is 5.97 Å². The molecule has 0 spiro atoms. The zero-order valence-corrected chi connectivity index (χ0v) is 10.1. The standard InChI is InChI=1S/C13H18O4/c1-3-17-11-6-4-10(5-7-11)8-13(2,16)9-12(14)15/h4-7,16H,3,8-9H2,1-2H3,(H,14,15). The van der Waals surface area contributed by atoms with Gasteiger partial charge in [0.25, 0.3) is 0 Å². The fourth-order valence-corrected chi connectivity index (χ4v) is 1.70. The average molecular weight is 238 g/mol. The van der Waals surface area contributed by atoms with E-state index in [1.165, 1.54) is 6.92 Å². The molecule has 0 aliphatic heterocycles. The number of aliphatic hydroxyl groups is 1. The fourth-order valence-electron chi connectivity index (χ4n) is 1.70. The maximum Gasteiger partial charge on any atom is 0.306 e. The minimum absolute atomic E-state index is 0.264. The van der Waals surface area contributed by atoms with Gasteiger partial charge in [-0.05, 0) is 31.5 Å². The third-order valence-corrected chi connectivity index (χ3v) is 2.35. The van der Waals surface area contributed by atoms with Gasteiger partial charge in [0.2, 0.25) is 0 Å². The number of rotatable bonds is 6. The average Bonchev–Trinajstić information content (AvgIpc) is 2.18. The Morgan fingerprint density at radius 2 is 1.94 bits per heavy atom. The highest BCUT2D eigenvalue weighted by atomic mass is 16.5. The monoisotopic (exact) mass is 238 g/mol. The summed E-state index contributed by atoms with van der Waals surface area (Å²) in [5.74, 6) is -0.227. The molecule has 0 aliphatic rings. The SMILES string of the molecule is CCOc1ccc(CC(C)(O)CC(=O)O)cc1. The van der Waals surface area contributed by atoms with Gasteiger partial charge in [0, 0.05) is 6.42 Å². The van der Waals surface area contributed by atoms with Crippen LogP contribution < -0.4 is 4.74 Å². The number of hydrogen-bond donors (Lipinski definition) is 2. The molecule has 1 unspecified atom stereocenters. The van der Waals surface area contributed by atoms with E-state index in [4.69, 9.17) is 9.84 Å². The van der Waals surface area contributed by atoms with Gasteiger partial charge in [0.05, 0.1) is 18.6 Å². The molecular formula is C13H18O4. The lowest BCUT2D eigenvalue weighted by atomic mass is 9.93. The van der Waals surface area contributed by atoms with Gasteiger partial charge >= 0.3 is 5.97 Å². The van der Waals surface area contributed by atoms with Crippen LogP contribution in [0.15, 0.2) is 24.3 Å². The van der Waals surface area contributed by atoms with Crippen molar-refractivity contribution in [3.05, 3.63) is 29.8 Å². The normalized spacial score (nSPS) is 14.1. The second kappa shape index (κ2) is 5.68. The minimum Gasteiger partial charge on any atom is -0.494 e. The third-order valence-electron chi connectivity index (χ3n) is 2.35. The second-order valence-corrected chi connectivity index (χ2v) is 4.32. The Labute approximate surface area is 101 Å². The molecule has 4 heteroatoms. The van der Waals surface area contributed by atoms with Crippen LogP contribution in [-0.4, -0.2) is 28.4 Å². The summed E-state index contributed by atoms with van der Waals surface area (Å²) in [6.45, 7) is 4.04. The molecule has 0 amide bonds. The zero-order chi connectivity index (χ0) is 12.9. The predicted octanol–water partition coefficient (Wildman–Crippen LogP) is 1.85. The van der Waals surface area contributed by atoms with Crippen molar-refractivity contribution in [2.45, 2.75) is 32.3 Å². The number of carboxylic acids is 1. The summed E-state index contributed by atoms with van der Waals surface area (Å²) in [5, 5.41) is 18.6. The molecule has 4 nitrogen and oxygen atoms in total. The maximum absolute atomic E-state index is 10.6.